The van der Waals surface area contributed by atoms with Gasteiger partial charge in [-0.2, -0.15) is 0 Å². The number of hydroxylamine groups is 2. The first-order valence-corrected chi connectivity index (χ1v) is 9.28. The summed E-state index contributed by atoms with van der Waals surface area (Å²) in [7, 11) is 2.02. The van der Waals surface area contributed by atoms with Crippen LogP contribution < -0.4 is 0 Å². The predicted octanol–water partition coefficient (Wildman–Crippen LogP) is 1.00. The van der Waals surface area contributed by atoms with Crippen LogP contribution in [0.2, 0.25) is 0 Å². The summed E-state index contributed by atoms with van der Waals surface area (Å²) in [6, 6.07) is 4.01. The molecule has 2 fully saturated rings. The molecule has 3 rings (SSSR count). The topological polar surface area (TPSA) is 106 Å². The van der Waals surface area contributed by atoms with Crippen LogP contribution in [-0.2, 0) is 28.8 Å². The molecule has 0 spiro atoms. The molecule has 28 heavy (non-hydrogen) atoms. The van der Waals surface area contributed by atoms with Gasteiger partial charge in [-0.1, -0.05) is 6.07 Å². The highest BCUT2D eigenvalue weighted by atomic mass is 16.7. The van der Waals surface area contributed by atoms with Crippen molar-refractivity contribution in [1.29, 1.82) is 0 Å². The van der Waals surface area contributed by atoms with Gasteiger partial charge in [0.15, 0.2) is 0 Å². The van der Waals surface area contributed by atoms with E-state index in [1.165, 1.54) is 0 Å². The number of rotatable bonds is 7. The van der Waals surface area contributed by atoms with E-state index in [4.69, 9.17) is 9.57 Å². The molecule has 0 radical (unpaired) electrons. The summed E-state index contributed by atoms with van der Waals surface area (Å²) in [6.07, 6.45) is 4.06. The monoisotopic (exact) mass is 389 g/mol. The van der Waals surface area contributed by atoms with Gasteiger partial charge in [-0.05, 0) is 31.6 Å². The average molecular weight is 389 g/mol. The van der Waals surface area contributed by atoms with Crippen molar-refractivity contribution in [1.82, 2.24) is 14.9 Å². The van der Waals surface area contributed by atoms with Crippen LogP contribution in [-0.4, -0.2) is 58.9 Å². The summed E-state index contributed by atoms with van der Waals surface area (Å²) in [5.41, 5.74) is 1.08. The molecular formula is C19H23N3O6. The Morgan fingerprint density at radius 1 is 1.18 bits per heavy atom. The molecule has 0 aliphatic carbocycles. The lowest BCUT2D eigenvalue weighted by molar-refractivity contribution is -0.197. The van der Waals surface area contributed by atoms with Gasteiger partial charge in [-0.15, -0.1) is 5.06 Å². The molecule has 2 amide bonds. The van der Waals surface area contributed by atoms with Gasteiger partial charge in [-0.25, -0.2) is 4.79 Å². The molecule has 0 saturated carbocycles. The Balaban J connectivity index is 1.43. The highest BCUT2D eigenvalue weighted by Crippen LogP contribution is 2.35. The quantitative estimate of drug-likeness (QED) is 0.502. The summed E-state index contributed by atoms with van der Waals surface area (Å²) in [6.45, 7) is 1.15. The Hall–Kier alpha value is -2.81. The normalized spacial score (nSPS) is 22.5. The molecule has 150 valence electrons. The van der Waals surface area contributed by atoms with Gasteiger partial charge in [0, 0.05) is 37.2 Å². The molecule has 9 heteroatoms. The maximum atomic E-state index is 12.0. The summed E-state index contributed by atoms with van der Waals surface area (Å²) < 4.78 is 5.35. The second kappa shape index (κ2) is 8.92. The van der Waals surface area contributed by atoms with Crippen molar-refractivity contribution in [3.8, 4) is 0 Å². The van der Waals surface area contributed by atoms with Gasteiger partial charge in [0.05, 0.1) is 19.4 Å². The number of esters is 1. The standard InChI is InChI=1S/C19H23N3O6/c1-21-10-8-14(19(21)13-3-2-9-20-11-13)12-27-17(25)6-7-18(26)28-22-15(23)4-5-16(22)24/h2-3,9,11,14,19H,4-8,10,12H2,1H3/t14-,19-/m1/s1. The number of carbonyl (C=O) groups excluding carboxylic acids is 4. The molecule has 1 aromatic rings. The third-order valence-corrected chi connectivity index (χ3v) is 4.99. The van der Waals surface area contributed by atoms with Crippen LogP contribution >= 0.6 is 0 Å². The number of hydrogen-bond acceptors (Lipinski definition) is 8. The predicted molar refractivity (Wildman–Crippen MR) is 95.1 cm³/mol. The first kappa shape index (κ1) is 19.9. The number of imide groups is 1. The Labute approximate surface area is 162 Å². The fourth-order valence-corrected chi connectivity index (χ4v) is 3.56. The van der Waals surface area contributed by atoms with Gasteiger partial charge < -0.3 is 9.57 Å². The number of amides is 2. The lowest BCUT2D eigenvalue weighted by Gasteiger charge is -2.25. The molecular weight excluding hydrogens is 366 g/mol. The van der Waals surface area contributed by atoms with Gasteiger partial charge in [-0.3, -0.25) is 24.3 Å². The molecule has 0 N–H and O–H groups in total. The van der Waals surface area contributed by atoms with E-state index >= 15 is 0 Å². The van der Waals surface area contributed by atoms with Crippen LogP contribution in [0, 0.1) is 5.92 Å². The Morgan fingerprint density at radius 2 is 1.89 bits per heavy atom. The maximum Gasteiger partial charge on any atom is 0.333 e. The molecule has 1 aromatic heterocycles. The van der Waals surface area contributed by atoms with Crippen LogP contribution in [0.15, 0.2) is 24.5 Å². The van der Waals surface area contributed by atoms with Gasteiger partial charge >= 0.3 is 11.9 Å². The second-order valence-corrected chi connectivity index (χ2v) is 6.99. The third kappa shape index (κ3) is 4.72. The van der Waals surface area contributed by atoms with Crippen LogP contribution in [0.1, 0.15) is 43.7 Å². The SMILES string of the molecule is CN1CC[C@H](COC(=O)CCC(=O)ON2C(=O)CCC2=O)[C@H]1c1cccnc1. The molecule has 2 aliphatic rings. The van der Waals surface area contributed by atoms with E-state index in [9.17, 15) is 19.2 Å². The van der Waals surface area contributed by atoms with Crippen molar-refractivity contribution in [3.63, 3.8) is 0 Å². The van der Waals surface area contributed by atoms with Crippen molar-refractivity contribution in [3.05, 3.63) is 30.1 Å². The number of likely N-dealkylation sites (tertiary alicyclic amines) is 1. The molecule has 9 nitrogen and oxygen atoms in total. The zero-order valence-electron chi connectivity index (χ0n) is 15.7. The second-order valence-electron chi connectivity index (χ2n) is 6.99. The molecule has 3 heterocycles. The van der Waals surface area contributed by atoms with E-state index in [1.54, 1.807) is 6.20 Å². The zero-order chi connectivity index (χ0) is 20.1. The highest BCUT2D eigenvalue weighted by Gasteiger charge is 2.34. The molecule has 2 atom stereocenters. The van der Waals surface area contributed by atoms with Crippen molar-refractivity contribution in [2.75, 3.05) is 20.2 Å². The van der Waals surface area contributed by atoms with E-state index in [-0.39, 0.29) is 44.2 Å². The maximum absolute atomic E-state index is 12.0. The van der Waals surface area contributed by atoms with Crippen LogP contribution in [0.4, 0.5) is 0 Å². The molecule has 0 unspecified atom stereocenters. The zero-order valence-corrected chi connectivity index (χ0v) is 15.7. The van der Waals surface area contributed by atoms with Gasteiger partial charge in [0.2, 0.25) is 0 Å². The van der Waals surface area contributed by atoms with E-state index in [0.29, 0.717) is 5.06 Å². The Kier molecular flexibility index (Phi) is 6.35. The summed E-state index contributed by atoms with van der Waals surface area (Å²) in [5, 5.41) is 0.473. The fourth-order valence-electron chi connectivity index (χ4n) is 3.56. The van der Waals surface area contributed by atoms with E-state index in [2.05, 4.69) is 9.88 Å². The lowest BCUT2D eigenvalue weighted by atomic mass is 9.96. The lowest BCUT2D eigenvalue weighted by Crippen LogP contribution is -2.32. The van der Waals surface area contributed by atoms with E-state index < -0.39 is 23.8 Å². The number of ether oxygens (including phenoxy) is 1. The number of hydrogen-bond donors (Lipinski definition) is 0. The minimum absolute atomic E-state index is 0.0299. The number of nitrogens with zero attached hydrogens (tertiary/aromatic N) is 3. The smallest absolute Gasteiger partial charge is 0.333 e. The van der Waals surface area contributed by atoms with E-state index in [0.717, 1.165) is 18.5 Å². The number of carbonyl (C=O) groups is 4. The minimum Gasteiger partial charge on any atom is -0.465 e. The largest absolute Gasteiger partial charge is 0.465 e. The number of aromatic nitrogens is 1. The first-order valence-electron chi connectivity index (χ1n) is 9.28. The highest BCUT2D eigenvalue weighted by molar-refractivity contribution is 6.01. The van der Waals surface area contributed by atoms with E-state index in [1.807, 2.05) is 25.4 Å². The average Bonchev–Trinajstić information content (AvgIpc) is 3.22. The van der Waals surface area contributed by atoms with Crippen molar-refractivity contribution >= 4 is 23.8 Å². The summed E-state index contributed by atoms with van der Waals surface area (Å²) in [5.74, 6) is -2.28. The van der Waals surface area contributed by atoms with Crippen molar-refractivity contribution in [2.24, 2.45) is 5.92 Å². The molecule has 0 bridgehead atoms. The van der Waals surface area contributed by atoms with Gasteiger partial charge in [0.1, 0.15) is 0 Å². The minimum atomic E-state index is -0.811. The molecule has 2 aliphatic heterocycles. The fraction of sp³-hybridized carbons (Fsp3) is 0.526. The molecule has 2 saturated heterocycles. The summed E-state index contributed by atoms with van der Waals surface area (Å²) >= 11 is 0. The molecule has 0 aromatic carbocycles. The van der Waals surface area contributed by atoms with Crippen molar-refractivity contribution in [2.45, 2.75) is 38.1 Å². The van der Waals surface area contributed by atoms with Gasteiger partial charge in [0.25, 0.3) is 11.8 Å². The Morgan fingerprint density at radius 3 is 2.57 bits per heavy atom. The van der Waals surface area contributed by atoms with Crippen LogP contribution in [0.25, 0.3) is 0 Å². The first-order chi connectivity index (χ1) is 13.5. The number of pyridine rings is 1. The van der Waals surface area contributed by atoms with Crippen LogP contribution in [0.3, 0.4) is 0 Å². The summed E-state index contributed by atoms with van der Waals surface area (Å²) in [4.78, 5) is 57.6. The van der Waals surface area contributed by atoms with Crippen LogP contribution in [0.5, 0.6) is 0 Å². The Bertz CT molecular complexity index is 737. The van der Waals surface area contributed by atoms with Crippen molar-refractivity contribution < 1.29 is 28.8 Å². The third-order valence-electron chi connectivity index (χ3n) is 4.99.